The van der Waals surface area contributed by atoms with Crippen molar-refractivity contribution in [3.05, 3.63) is 101 Å². The normalized spacial score (nSPS) is 11.3. The Morgan fingerprint density at radius 2 is 1.57 bits per heavy atom. The number of carbonyl (C=O) groups is 1. The van der Waals surface area contributed by atoms with Gasteiger partial charge in [-0.1, -0.05) is 60.7 Å². The van der Waals surface area contributed by atoms with E-state index in [9.17, 15) is 13.2 Å². The smallest absolute Gasteiger partial charge is 0.251 e. The van der Waals surface area contributed by atoms with Gasteiger partial charge in [0.2, 0.25) is 10.0 Å². The van der Waals surface area contributed by atoms with Gasteiger partial charge in [-0.25, -0.2) is 13.1 Å². The van der Waals surface area contributed by atoms with E-state index >= 15 is 0 Å². The van der Waals surface area contributed by atoms with Crippen LogP contribution >= 0.6 is 0 Å². The summed E-state index contributed by atoms with van der Waals surface area (Å²) in [7, 11) is -3.73. The highest BCUT2D eigenvalue weighted by Crippen LogP contribution is 2.16. The van der Waals surface area contributed by atoms with Crippen LogP contribution in [-0.2, 0) is 23.0 Å². The minimum Gasteiger partial charge on any atom is -0.352 e. The first-order chi connectivity index (χ1) is 14.4. The van der Waals surface area contributed by atoms with E-state index in [-0.39, 0.29) is 17.3 Å². The lowest BCUT2D eigenvalue weighted by Gasteiger charge is -2.12. The van der Waals surface area contributed by atoms with Gasteiger partial charge in [0.05, 0.1) is 4.90 Å². The van der Waals surface area contributed by atoms with Crippen molar-refractivity contribution in [2.75, 3.05) is 6.54 Å². The molecule has 156 valence electrons. The van der Waals surface area contributed by atoms with E-state index in [0.29, 0.717) is 18.5 Å². The monoisotopic (exact) mass is 422 g/mol. The van der Waals surface area contributed by atoms with Crippen molar-refractivity contribution in [2.45, 2.75) is 31.7 Å². The number of hydrogen-bond donors (Lipinski definition) is 2. The highest BCUT2D eigenvalue weighted by atomic mass is 32.2. The zero-order valence-corrected chi connectivity index (χ0v) is 18.0. The molecule has 0 fully saturated rings. The van der Waals surface area contributed by atoms with Crippen LogP contribution in [0.3, 0.4) is 0 Å². The molecule has 0 aliphatic rings. The van der Waals surface area contributed by atoms with Crippen molar-refractivity contribution >= 4 is 15.9 Å². The molecular formula is C24H26N2O3S. The molecule has 0 saturated heterocycles. The van der Waals surface area contributed by atoms with Crippen LogP contribution in [0.2, 0.25) is 0 Å². The molecule has 2 N–H and O–H groups in total. The number of amides is 1. The van der Waals surface area contributed by atoms with Gasteiger partial charge in [0, 0.05) is 18.7 Å². The molecular weight excluding hydrogens is 396 g/mol. The van der Waals surface area contributed by atoms with E-state index in [1.54, 1.807) is 13.0 Å². The van der Waals surface area contributed by atoms with Crippen LogP contribution in [0.25, 0.3) is 0 Å². The maximum atomic E-state index is 12.7. The van der Waals surface area contributed by atoms with Crippen molar-refractivity contribution in [1.82, 2.24) is 10.0 Å². The number of hydrogen-bond acceptors (Lipinski definition) is 3. The van der Waals surface area contributed by atoms with Gasteiger partial charge in [-0.15, -0.1) is 0 Å². The summed E-state index contributed by atoms with van der Waals surface area (Å²) >= 11 is 0. The minimum absolute atomic E-state index is 0.0769. The molecule has 0 aliphatic carbocycles. The molecule has 0 spiro atoms. The fourth-order valence-electron chi connectivity index (χ4n) is 3.17. The molecule has 0 saturated carbocycles. The number of aryl methyl sites for hydroxylation is 2. The highest BCUT2D eigenvalue weighted by molar-refractivity contribution is 7.89. The zero-order chi connectivity index (χ0) is 21.6. The Labute approximate surface area is 178 Å². The lowest BCUT2D eigenvalue weighted by Crippen LogP contribution is -2.28. The molecule has 0 unspecified atom stereocenters. The molecule has 0 atom stereocenters. The van der Waals surface area contributed by atoms with Gasteiger partial charge in [-0.05, 0) is 54.7 Å². The van der Waals surface area contributed by atoms with Crippen molar-refractivity contribution < 1.29 is 13.2 Å². The third-order valence-electron chi connectivity index (χ3n) is 5.01. The molecule has 6 heteroatoms. The van der Waals surface area contributed by atoms with E-state index in [0.717, 1.165) is 11.1 Å². The molecule has 3 rings (SSSR count). The molecule has 1 amide bonds. The van der Waals surface area contributed by atoms with Crippen molar-refractivity contribution in [2.24, 2.45) is 0 Å². The molecule has 0 aromatic heterocycles. The van der Waals surface area contributed by atoms with E-state index in [1.807, 2.05) is 61.5 Å². The molecule has 30 heavy (non-hydrogen) atoms. The average molecular weight is 423 g/mol. The second kappa shape index (κ2) is 9.69. The third-order valence-corrected chi connectivity index (χ3v) is 6.41. The predicted octanol–water partition coefficient (Wildman–Crippen LogP) is 3.75. The second-order valence-corrected chi connectivity index (χ2v) is 8.99. The molecule has 0 heterocycles. The Morgan fingerprint density at radius 3 is 2.30 bits per heavy atom. The first-order valence-electron chi connectivity index (χ1n) is 9.84. The maximum absolute atomic E-state index is 12.7. The Hall–Kier alpha value is -2.96. The maximum Gasteiger partial charge on any atom is 0.251 e. The molecule has 0 bridgehead atoms. The summed E-state index contributed by atoms with van der Waals surface area (Å²) in [5.74, 6) is -0.277. The Bertz CT molecular complexity index is 1130. The number of nitrogens with one attached hydrogen (secondary N) is 2. The third kappa shape index (κ3) is 5.55. The van der Waals surface area contributed by atoms with Crippen LogP contribution in [0, 0.1) is 13.8 Å². The van der Waals surface area contributed by atoms with Crippen LogP contribution in [0.4, 0.5) is 0 Å². The van der Waals surface area contributed by atoms with Crippen LogP contribution in [-0.4, -0.2) is 20.9 Å². The zero-order valence-electron chi connectivity index (χ0n) is 17.2. The number of carbonyl (C=O) groups excluding carboxylic acids is 1. The second-order valence-electron chi connectivity index (χ2n) is 7.22. The van der Waals surface area contributed by atoms with E-state index in [2.05, 4.69) is 10.0 Å². The molecule has 3 aromatic rings. The van der Waals surface area contributed by atoms with Gasteiger partial charge in [0.25, 0.3) is 5.91 Å². The van der Waals surface area contributed by atoms with Crippen LogP contribution < -0.4 is 10.0 Å². The molecule has 5 nitrogen and oxygen atoms in total. The fourth-order valence-corrected chi connectivity index (χ4v) is 4.21. The Balaban J connectivity index is 1.67. The quantitative estimate of drug-likeness (QED) is 0.580. The Kier molecular flexibility index (Phi) is 7.03. The van der Waals surface area contributed by atoms with E-state index in [4.69, 9.17) is 0 Å². The van der Waals surface area contributed by atoms with E-state index in [1.165, 1.54) is 23.3 Å². The molecule has 0 radical (unpaired) electrons. The largest absolute Gasteiger partial charge is 0.352 e. The molecule has 3 aromatic carbocycles. The first kappa shape index (κ1) is 21.7. The summed E-state index contributed by atoms with van der Waals surface area (Å²) in [5, 5.41) is 2.90. The standard InChI is InChI=1S/C24H26N2O3S/c1-18-8-6-7-11-21(18)14-15-25-24(27)23-16-22(13-12-19(23)2)30(28,29)26-17-20-9-4-3-5-10-20/h3-13,16,26H,14-15,17H2,1-2H3,(H,25,27). The van der Waals surface area contributed by atoms with Gasteiger partial charge in [-0.3, -0.25) is 4.79 Å². The van der Waals surface area contributed by atoms with E-state index < -0.39 is 10.0 Å². The predicted molar refractivity (Wildman–Crippen MR) is 119 cm³/mol. The fraction of sp³-hybridized carbons (Fsp3) is 0.208. The van der Waals surface area contributed by atoms with Crippen LogP contribution in [0.1, 0.15) is 32.6 Å². The summed E-state index contributed by atoms with van der Waals surface area (Å²) in [6.45, 7) is 4.50. The summed E-state index contributed by atoms with van der Waals surface area (Å²) in [4.78, 5) is 12.7. The van der Waals surface area contributed by atoms with Gasteiger partial charge >= 0.3 is 0 Å². The summed E-state index contributed by atoms with van der Waals surface area (Å²) in [5.41, 5.74) is 4.31. The van der Waals surface area contributed by atoms with Crippen molar-refractivity contribution in [3.8, 4) is 0 Å². The lowest BCUT2D eigenvalue weighted by molar-refractivity contribution is 0.0953. The topological polar surface area (TPSA) is 75.3 Å². The van der Waals surface area contributed by atoms with Gasteiger partial charge in [0.15, 0.2) is 0 Å². The van der Waals surface area contributed by atoms with Crippen molar-refractivity contribution in [1.29, 1.82) is 0 Å². The summed E-state index contributed by atoms with van der Waals surface area (Å²) < 4.78 is 28.0. The van der Waals surface area contributed by atoms with Crippen LogP contribution in [0.15, 0.2) is 77.7 Å². The molecule has 0 aliphatic heterocycles. The van der Waals surface area contributed by atoms with Crippen molar-refractivity contribution in [3.63, 3.8) is 0 Å². The minimum atomic E-state index is -3.73. The Morgan fingerprint density at radius 1 is 0.867 bits per heavy atom. The SMILES string of the molecule is Cc1ccccc1CCNC(=O)c1cc(S(=O)(=O)NCc2ccccc2)ccc1C. The van der Waals surface area contributed by atoms with Gasteiger partial charge in [0.1, 0.15) is 0 Å². The first-order valence-corrected chi connectivity index (χ1v) is 11.3. The number of benzene rings is 3. The average Bonchev–Trinajstić information content (AvgIpc) is 2.74. The van der Waals surface area contributed by atoms with Gasteiger partial charge in [-0.2, -0.15) is 0 Å². The highest BCUT2D eigenvalue weighted by Gasteiger charge is 2.18. The summed E-state index contributed by atoms with van der Waals surface area (Å²) in [6, 6.07) is 22.0. The van der Waals surface area contributed by atoms with Crippen LogP contribution in [0.5, 0.6) is 0 Å². The number of rotatable bonds is 8. The van der Waals surface area contributed by atoms with Gasteiger partial charge < -0.3 is 5.32 Å². The number of sulfonamides is 1. The lowest BCUT2D eigenvalue weighted by atomic mass is 10.1. The summed E-state index contributed by atoms with van der Waals surface area (Å²) in [6.07, 6.45) is 0.716.